The maximum Gasteiger partial charge on any atom is 0.0761 e. The summed E-state index contributed by atoms with van der Waals surface area (Å²) in [6, 6.07) is 8.88. The minimum Gasteiger partial charge on any atom is -0.389 e. The molecule has 0 aliphatic carbocycles. The first-order chi connectivity index (χ1) is 8.60. The lowest BCUT2D eigenvalue weighted by molar-refractivity contribution is 0.199. The van der Waals surface area contributed by atoms with E-state index in [1.807, 2.05) is 12.1 Å². The van der Waals surface area contributed by atoms with Crippen LogP contribution in [0.4, 0.5) is 5.69 Å². The van der Waals surface area contributed by atoms with Crippen LogP contribution in [0.25, 0.3) is 0 Å². The maximum absolute atomic E-state index is 9.54. The van der Waals surface area contributed by atoms with Crippen LogP contribution in [-0.2, 0) is 0 Å². The van der Waals surface area contributed by atoms with Crippen molar-refractivity contribution in [3.8, 4) is 0 Å². The molecule has 0 bridgehead atoms. The number of anilines is 1. The highest BCUT2D eigenvalue weighted by Crippen LogP contribution is 2.22. The Kier molecular flexibility index (Phi) is 6.20. The molecule has 0 saturated carbocycles. The molecule has 1 aromatic carbocycles. The second kappa shape index (κ2) is 7.42. The third-order valence-corrected chi connectivity index (χ3v) is 3.58. The van der Waals surface area contributed by atoms with Crippen molar-refractivity contribution in [2.45, 2.75) is 59.1 Å². The SMILES string of the molecule is CCCCN(c1ccc([C@H](C)O)cc1)C(C)CC. The summed E-state index contributed by atoms with van der Waals surface area (Å²) in [5, 5.41) is 9.54. The highest BCUT2D eigenvalue weighted by atomic mass is 16.3. The Labute approximate surface area is 112 Å². The van der Waals surface area contributed by atoms with Crippen LogP contribution in [0.5, 0.6) is 0 Å². The van der Waals surface area contributed by atoms with Crippen LogP contribution in [0.2, 0.25) is 0 Å². The normalized spacial score (nSPS) is 14.3. The molecule has 1 N–H and O–H groups in total. The molecule has 1 rings (SSSR count). The van der Waals surface area contributed by atoms with Crippen molar-refractivity contribution in [3.63, 3.8) is 0 Å². The predicted molar refractivity (Wildman–Crippen MR) is 79.1 cm³/mol. The van der Waals surface area contributed by atoms with Gasteiger partial charge in [-0.05, 0) is 44.4 Å². The topological polar surface area (TPSA) is 23.5 Å². The van der Waals surface area contributed by atoms with Gasteiger partial charge in [0.1, 0.15) is 0 Å². The zero-order valence-corrected chi connectivity index (χ0v) is 12.2. The molecule has 0 aliphatic heterocycles. The molecule has 2 atom stereocenters. The molecule has 1 aromatic rings. The number of nitrogens with zero attached hydrogens (tertiary/aromatic N) is 1. The van der Waals surface area contributed by atoms with Crippen LogP contribution in [0.15, 0.2) is 24.3 Å². The summed E-state index contributed by atoms with van der Waals surface area (Å²) in [5.74, 6) is 0. The average Bonchev–Trinajstić information content (AvgIpc) is 2.39. The van der Waals surface area contributed by atoms with Gasteiger partial charge in [0.2, 0.25) is 0 Å². The Morgan fingerprint density at radius 2 is 1.72 bits per heavy atom. The van der Waals surface area contributed by atoms with Gasteiger partial charge in [0.15, 0.2) is 0 Å². The molecule has 0 radical (unpaired) electrons. The molecule has 0 fully saturated rings. The fourth-order valence-corrected chi connectivity index (χ4v) is 2.10. The third-order valence-electron chi connectivity index (χ3n) is 3.58. The molecule has 0 saturated heterocycles. The number of hydrogen-bond donors (Lipinski definition) is 1. The van der Waals surface area contributed by atoms with Gasteiger partial charge in [-0.2, -0.15) is 0 Å². The first-order valence-electron chi connectivity index (χ1n) is 7.14. The van der Waals surface area contributed by atoms with Gasteiger partial charge in [-0.25, -0.2) is 0 Å². The van der Waals surface area contributed by atoms with Gasteiger partial charge in [0, 0.05) is 18.3 Å². The lowest BCUT2D eigenvalue weighted by Gasteiger charge is -2.31. The van der Waals surface area contributed by atoms with E-state index < -0.39 is 0 Å². The summed E-state index contributed by atoms with van der Waals surface area (Å²) in [4.78, 5) is 2.47. The summed E-state index contributed by atoms with van der Waals surface area (Å²) < 4.78 is 0. The quantitative estimate of drug-likeness (QED) is 0.785. The lowest BCUT2D eigenvalue weighted by atomic mass is 10.1. The highest BCUT2D eigenvalue weighted by Gasteiger charge is 2.12. The molecule has 102 valence electrons. The zero-order valence-electron chi connectivity index (χ0n) is 12.2. The van der Waals surface area contributed by atoms with E-state index in [0.29, 0.717) is 6.04 Å². The average molecular weight is 249 g/mol. The smallest absolute Gasteiger partial charge is 0.0761 e. The Balaban J connectivity index is 2.83. The summed E-state index contributed by atoms with van der Waals surface area (Å²) in [6.07, 6.45) is 3.22. The predicted octanol–water partition coefficient (Wildman–Crippen LogP) is 4.14. The van der Waals surface area contributed by atoms with E-state index in [1.165, 1.54) is 18.5 Å². The Morgan fingerprint density at radius 3 is 2.17 bits per heavy atom. The van der Waals surface area contributed by atoms with Crippen LogP contribution in [0.1, 0.15) is 58.6 Å². The summed E-state index contributed by atoms with van der Waals surface area (Å²) >= 11 is 0. The maximum atomic E-state index is 9.54. The van der Waals surface area contributed by atoms with Crippen molar-refractivity contribution in [2.24, 2.45) is 0 Å². The van der Waals surface area contributed by atoms with Gasteiger partial charge >= 0.3 is 0 Å². The van der Waals surface area contributed by atoms with E-state index in [-0.39, 0.29) is 6.10 Å². The number of aliphatic hydroxyl groups is 1. The van der Waals surface area contributed by atoms with Gasteiger partial charge < -0.3 is 10.0 Å². The Morgan fingerprint density at radius 1 is 1.11 bits per heavy atom. The first kappa shape index (κ1) is 15.0. The van der Waals surface area contributed by atoms with Crippen molar-refractivity contribution in [1.82, 2.24) is 0 Å². The van der Waals surface area contributed by atoms with Crippen molar-refractivity contribution >= 4 is 5.69 Å². The fraction of sp³-hybridized carbons (Fsp3) is 0.625. The lowest BCUT2D eigenvalue weighted by Crippen LogP contribution is -2.33. The van der Waals surface area contributed by atoms with Crippen LogP contribution in [-0.4, -0.2) is 17.7 Å². The van der Waals surface area contributed by atoms with Crippen molar-refractivity contribution in [1.29, 1.82) is 0 Å². The van der Waals surface area contributed by atoms with Crippen molar-refractivity contribution < 1.29 is 5.11 Å². The molecule has 0 aliphatic rings. The molecule has 0 heterocycles. The van der Waals surface area contributed by atoms with E-state index in [4.69, 9.17) is 0 Å². The molecule has 0 aromatic heterocycles. The number of hydrogen-bond acceptors (Lipinski definition) is 2. The van der Waals surface area contributed by atoms with Crippen LogP contribution in [0, 0.1) is 0 Å². The number of rotatable bonds is 7. The molecule has 1 unspecified atom stereocenters. The number of benzene rings is 1. The van der Waals surface area contributed by atoms with E-state index in [1.54, 1.807) is 6.92 Å². The molecular weight excluding hydrogens is 222 g/mol. The summed E-state index contributed by atoms with van der Waals surface area (Å²) in [5.41, 5.74) is 2.25. The van der Waals surface area contributed by atoms with E-state index >= 15 is 0 Å². The van der Waals surface area contributed by atoms with Crippen molar-refractivity contribution in [2.75, 3.05) is 11.4 Å². The minimum absolute atomic E-state index is 0.383. The monoisotopic (exact) mass is 249 g/mol. The van der Waals surface area contributed by atoms with E-state index in [2.05, 4.69) is 37.8 Å². The van der Waals surface area contributed by atoms with Gasteiger partial charge in [-0.3, -0.25) is 0 Å². The summed E-state index contributed by atoms with van der Waals surface area (Å²) in [6.45, 7) is 9.65. The summed E-state index contributed by atoms with van der Waals surface area (Å²) in [7, 11) is 0. The molecule has 0 spiro atoms. The third kappa shape index (κ3) is 4.02. The Bertz CT molecular complexity index is 331. The van der Waals surface area contributed by atoms with Gasteiger partial charge in [-0.1, -0.05) is 32.4 Å². The van der Waals surface area contributed by atoms with E-state index in [0.717, 1.165) is 18.5 Å². The second-order valence-corrected chi connectivity index (χ2v) is 5.07. The number of aliphatic hydroxyl groups excluding tert-OH is 1. The van der Waals surface area contributed by atoms with Gasteiger partial charge in [-0.15, -0.1) is 0 Å². The van der Waals surface area contributed by atoms with Crippen molar-refractivity contribution in [3.05, 3.63) is 29.8 Å². The van der Waals surface area contributed by atoms with Crippen LogP contribution < -0.4 is 4.90 Å². The largest absolute Gasteiger partial charge is 0.389 e. The van der Waals surface area contributed by atoms with Crippen LogP contribution >= 0.6 is 0 Å². The molecule has 2 heteroatoms. The Hall–Kier alpha value is -1.02. The first-order valence-corrected chi connectivity index (χ1v) is 7.14. The van der Waals surface area contributed by atoms with E-state index in [9.17, 15) is 5.11 Å². The van der Waals surface area contributed by atoms with Gasteiger partial charge in [0.25, 0.3) is 0 Å². The molecule has 0 amide bonds. The van der Waals surface area contributed by atoms with Crippen LogP contribution in [0.3, 0.4) is 0 Å². The standard InChI is InChI=1S/C16H27NO/c1-5-7-12-17(13(3)6-2)16-10-8-15(9-11-16)14(4)18/h8-11,13-14,18H,5-7,12H2,1-4H3/t13?,14-/m0/s1. The fourth-order valence-electron chi connectivity index (χ4n) is 2.10. The molecular formula is C16H27NO. The zero-order chi connectivity index (χ0) is 13.5. The number of unbranched alkanes of at least 4 members (excludes halogenated alkanes) is 1. The molecule has 2 nitrogen and oxygen atoms in total. The van der Waals surface area contributed by atoms with Gasteiger partial charge in [0.05, 0.1) is 6.10 Å². The second-order valence-electron chi connectivity index (χ2n) is 5.07. The molecule has 18 heavy (non-hydrogen) atoms. The minimum atomic E-state index is -0.383. The highest BCUT2D eigenvalue weighted by molar-refractivity contribution is 5.48.